The molecule has 0 spiro atoms. The number of ether oxygens (including phenoxy) is 1. The summed E-state index contributed by atoms with van der Waals surface area (Å²) in [5.41, 5.74) is 1.27. The van der Waals surface area contributed by atoms with Gasteiger partial charge in [-0.2, -0.15) is 0 Å². The molecular formula is C15H21NO4S. The zero-order valence-corrected chi connectivity index (χ0v) is 13.2. The normalized spacial score (nSPS) is 18.7. The fraction of sp³-hybridized carbons (Fsp3) is 0.600. The average molecular weight is 311 g/mol. The molecule has 5 nitrogen and oxygen atoms in total. The van der Waals surface area contributed by atoms with Crippen molar-refractivity contribution in [2.24, 2.45) is 5.92 Å². The van der Waals surface area contributed by atoms with E-state index in [0.29, 0.717) is 10.8 Å². The van der Waals surface area contributed by atoms with Crippen LogP contribution in [0.3, 0.4) is 0 Å². The average Bonchev–Trinajstić information content (AvgIpc) is 2.94. The lowest BCUT2D eigenvalue weighted by atomic mass is 9.87. The summed E-state index contributed by atoms with van der Waals surface area (Å²) < 4.78 is 4.40. The number of carbonyl (C=O) groups is 2. The first-order valence-electron chi connectivity index (χ1n) is 7.20. The van der Waals surface area contributed by atoms with Crippen LogP contribution in [0.1, 0.15) is 39.9 Å². The Hall–Kier alpha value is -1.40. The number of esters is 1. The zero-order valence-electron chi connectivity index (χ0n) is 12.3. The maximum absolute atomic E-state index is 12.1. The molecule has 0 radical (unpaired) electrons. The molecule has 1 aliphatic carbocycles. The molecular weight excluding hydrogens is 290 g/mol. The summed E-state index contributed by atoms with van der Waals surface area (Å²) in [6.45, 7) is 2.06. The lowest BCUT2D eigenvalue weighted by Crippen LogP contribution is -2.36. The summed E-state index contributed by atoms with van der Waals surface area (Å²) in [5, 5.41) is 12.0. The number of rotatable bonds is 5. The number of thiophene rings is 1. The Morgan fingerprint density at radius 1 is 1.57 bits per heavy atom. The highest BCUT2D eigenvalue weighted by atomic mass is 32.1. The summed E-state index contributed by atoms with van der Waals surface area (Å²) >= 11 is 1.51. The third kappa shape index (κ3) is 3.83. The van der Waals surface area contributed by atoms with Crippen molar-refractivity contribution >= 4 is 23.2 Å². The molecule has 6 heteroatoms. The van der Waals surface area contributed by atoms with Crippen LogP contribution >= 0.6 is 11.3 Å². The van der Waals surface area contributed by atoms with Crippen molar-refractivity contribution in [2.75, 3.05) is 13.7 Å². The van der Waals surface area contributed by atoms with E-state index < -0.39 is 12.1 Å². The van der Waals surface area contributed by atoms with Gasteiger partial charge >= 0.3 is 5.97 Å². The van der Waals surface area contributed by atoms with E-state index in [1.54, 1.807) is 0 Å². The second-order valence-electron chi connectivity index (χ2n) is 5.33. The Morgan fingerprint density at radius 2 is 2.33 bits per heavy atom. The van der Waals surface area contributed by atoms with Gasteiger partial charge in [0.25, 0.3) is 5.91 Å². The van der Waals surface area contributed by atoms with Crippen molar-refractivity contribution in [3.8, 4) is 0 Å². The van der Waals surface area contributed by atoms with Crippen LogP contribution in [0.25, 0.3) is 0 Å². The molecule has 1 aromatic heterocycles. The minimum absolute atomic E-state index is 0.133. The highest BCUT2D eigenvalue weighted by Crippen LogP contribution is 2.33. The first kappa shape index (κ1) is 16.0. The van der Waals surface area contributed by atoms with Crippen molar-refractivity contribution < 1.29 is 19.4 Å². The van der Waals surface area contributed by atoms with E-state index in [2.05, 4.69) is 17.0 Å². The quantitative estimate of drug-likeness (QED) is 0.809. The minimum Gasteiger partial charge on any atom is -0.467 e. The van der Waals surface area contributed by atoms with Crippen molar-refractivity contribution in [2.45, 2.75) is 38.7 Å². The number of hydrogen-bond donors (Lipinski definition) is 2. The molecule has 21 heavy (non-hydrogen) atoms. The van der Waals surface area contributed by atoms with Gasteiger partial charge in [-0.05, 0) is 36.8 Å². The maximum Gasteiger partial charge on any atom is 0.336 e. The highest BCUT2D eigenvalue weighted by Gasteiger charge is 2.23. The van der Waals surface area contributed by atoms with Crippen molar-refractivity contribution in [1.29, 1.82) is 0 Å². The van der Waals surface area contributed by atoms with Gasteiger partial charge in [-0.3, -0.25) is 4.79 Å². The van der Waals surface area contributed by atoms with Crippen LogP contribution in [0.4, 0.5) is 0 Å². The topological polar surface area (TPSA) is 75.6 Å². The van der Waals surface area contributed by atoms with Gasteiger partial charge in [-0.25, -0.2) is 4.79 Å². The van der Waals surface area contributed by atoms with Gasteiger partial charge in [0.2, 0.25) is 0 Å². The van der Waals surface area contributed by atoms with Gasteiger partial charge in [0, 0.05) is 4.88 Å². The van der Waals surface area contributed by atoms with Crippen molar-refractivity contribution in [1.82, 2.24) is 5.32 Å². The Morgan fingerprint density at radius 3 is 3.00 bits per heavy atom. The number of amides is 1. The minimum atomic E-state index is -1.32. The van der Waals surface area contributed by atoms with E-state index >= 15 is 0 Å². The molecule has 2 unspecified atom stereocenters. The number of aryl methyl sites for hydroxylation is 1. The molecule has 2 atom stereocenters. The molecule has 2 rings (SSSR count). The zero-order chi connectivity index (χ0) is 15.4. The van der Waals surface area contributed by atoms with Gasteiger partial charge in [0.05, 0.1) is 18.5 Å². The fourth-order valence-corrected chi connectivity index (χ4v) is 3.68. The van der Waals surface area contributed by atoms with Crippen LogP contribution in [0, 0.1) is 5.92 Å². The number of fused-ring (bicyclic) bond motifs is 1. The summed E-state index contributed by atoms with van der Waals surface area (Å²) in [4.78, 5) is 25.1. The second-order valence-corrected chi connectivity index (χ2v) is 6.46. The molecule has 2 N–H and O–H groups in total. The number of hydrogen-bond acceptors (Lipinski definition) is 5. The first-order chi connectivity index (χ1) is 10.0. The SMILES string of the molecule is CCC1CCc2sc(C(=O)NCC(O)C(=O)OC)cc2C1. The lowest BCUT2D eigenvalue weighted by molar-refractivity contribution is -0.149. The van der Waals surface area contributed by atoms with Gasteiger partial charge < -0.3 is 15.2 Å². The predicted molar refractivity (Wildman–Crippen MR) is 80.5 cm³/mol. The number of aliphatic hydroxyl groups excluding tert-OH is 1. The Labute approximate surface area is 128 Å². The molecule has 0 fully saturated rings. The number of methoxy groups -OCH3 is 1. The summed E-state index contributed by atoms with van der Waals surface area (Å²) in [6.07, 6.45) is 3.11. The van der Waals surface area contributed by atoms with E-state index in [4.69, 9.17) is 0 Å². The highest BCUT2D eigenvalue weighted by molar-refractivity contribution is 7.14. The lowest BCUT2D eigenvalue weighted by Gasteiger charge is -2.19. The first-order valence-corrected chi connectivity index (χ1v) is 8.02. The molecule has 1 amide bonds. The van der Waals surface area contributed by atoms with Crippen LogP contribution in [0.2, 0.25) is 0 Å². The third-order valence-corrected chi connectivity index (χ3v) is 5.15. The van der Waals surface area contributed by atoms with E-state index in [-0.39, 0.29) is 12.5 Å². The molecule has 0 aliphatic heterocycles. The van der Waals surface area contributed by atoms with E-state index in [1.165, 1.54) is 41.7 Å². The maximum atomic E-state index is 12.1. The molecule has 1 aromatic rings. The van der Waals surface area contributed by atoms with Crippen LogP contribution in [-0.2, 0) is 22.4 Å². The standard InChI is InChI=1S/C15H21NO4S/c1-3-9-4-5-12-10(6-9)7-13(21-12)14(18)16-8-11(17)15(19)20-2/h7,9,11,17H,3-6,8H2,1-2H3,(H,16,18). The Balaban J connectivity index is 1.95. The summed E-state index contributed by atoms with van der Waals surface area (Å²) in [5.74, 6) is -0.277. The Bertz CT molecular complexity index is 526. The smallest absolute Gasteiger partial charge is 0.336 e. The molecule has 0 bridgehead atoms. The summed E-state index contributed by atoms with van der Waals surface area (Å²) in [7, 11) is 1.20. The van der Waals surface area contributed by atoms with Crippen molar-refractivity contribution in [3.05, 3.63) is 21.4 Å². The molecule has 1 aliphatic rings. The molecule has 0 saturated carbocycles. The third-order valence-electron chi connectivity index (χ3n) is 3.92. The number of nitrogens with one attached hydrogen (secondary N) is 1. The molecule has 116 valence electrons. The molecule has 0 aromatic carbocycles. The molecule has 0 saturated heterocycles. The number of carbonyl (C=O) groups excluding carboxylic acids is 2. The molecule has 1 heterocycles. The largest absolute Gasteiger partial charge is 0.467 e. The second kappa shape index (κ2) is 7.04. The van der Waals surface area contributed by atoms with Gasteiger partial charge in [-0.1, -0.05) is 13.3 Å². The van der Waals surface area contributed by atoms with Gasteiger partial charge in [0.1, 0.15) is 0 Å². The van der Waals surface area contributed by atoms with Crippen LogP contribution in [0.15, 0.2) is 6.07 Å². The fourth-order valence-electron chi connectivity index (χ4n) is 2.56. The van der Waals surface area contributed by atoms with E-state index in [9.17, 15) is 14.7 Å². The number of aliphatic hydroxyl groups is 1. The van der Waals surface area contributed by atoms with E-state index in [1.807, 2.05) is 6.07 Å². The van der Waals surface area contributed by atoms with Gasteiger partial charge in [-0.15, -0.1) is 11.3 Å². The van der Waals surface area contributed by atoms with Crippen LogP contribution in [0.5, 0.6) is 0 Å². The van der Waals surface area contributed by atoms with Gasteiger partial charge in [0.15, 0.2) is 6.10 Å². The predicted octanol–water partition coefficient (Wildman–Crippen LogP) is 1.53. The van der Waals surface area contributed by atoms with Crippen molar-refractivity contribution in [3.63, 3.8) is 0 Å². The van der Waals surface area contributed by atoms with E-state index in [0.717, 1.165) is 12.8 Å². The monoisotopic (exact) mass is 311 g/mol. The summed E-state index contributed by atoms with van der Waals surface area (Å²) in [6, 6.07) is 1.95. The van der Waals surface area contributed by atoms with Crippen LogP contribution in [-0.4, -0.2) is 36.7 Å². The van der Waals surface area contributed by atoms with Crippen LogP contribution < -0.4 is 5.32 Å². The Kier molecular flexibility index (Phi) is 5.36.